The van der Waals surface area contributed by atoms with Gasteiger partial charge in [0, 0.05) is 10.6 Å². The molecule has 0 saturated heterocycles. The monoisotopic (exact) mass is 348 g/mol. The summed E-state index contributed by atoms with van der Waals surface area (Å²) in [4.78, 5) is 23.7. The summed E-state index contributed by atoms with van der Waals surface area (Å²) in [5.74, 6) is 0.525. The molecule has 0 aliphatic carbocycles. The Kier molecular flexibility index (Phi) is 4.72. The number of fused-ring (bicyclic) bond motifs is 1. The Morgan fingerprint density at radius 3 is 2.75 bits per heavy atom. The van der Waals surface area contributed by atoms with Gasteiger partial charge in [-0.15, -0.1) is 0 Å². The van der Waals surface area contributed by atoms with E-state index in [0.29, 0.717) is 27.8 Å². The number of amides is 2. The molecule has 0 saturated carbocycles. The van der Waals surface area contributed by atoms with Gasteiger partial charge in [0.1, 0.15) is 5.75 Å². The topological polar surface area (TPSA) is 85.9 Å². The summed E-state index contributed by atoms with van der Waals surface area (Å²) >= 11 is 5.81. The Hall–Kier alpha value is -2.93. The molecule has 7 nitrogen and oxygen atoms in total. The third kappa shape index (κ3) is 3.88. The summed E-state index contributed by atoms with van der Waals surface area (Å²) in [5, 5.41) is 0.504. The third-order valence-corrected chi connectivity index (χ3v) is 3.35. The molecule has 0 radical (unpaired) electrons. The first-order chi connectivity index (χ1) is 11.6. The van der Waals surface area contributed by atoms with Crippen molar-refractivity contribution in [2.45, 2.75) is 0 Å². The molecule has 0 bridgehead atoms. The first-order valence-electron chi connectivity index (χ1n) is 6.99. The van der Waals surface area contributed by atoms with Gasteiger partial charge in [-0.2, -0.15) is 0 Å². The molecule has 1 aliphatic rings. The fourth-order valence-electron chi connectivity index (χ4n) is 1.98. The zero-order valence-corrected chi connectivity index (χ0v) is 13.1. The van der Waals surface area contributed by atoms with Crippen LogP contribution in [-0.2, 0) is 4.79 Å². The van der Waals surface area contributed by atoms with Gasteiger partial charge in [0.25, 0.3) is 11.8 Å². The third-order valence-electron chi connectivity index (χ3n) is 3.12. The highest BCUT2D eigenvalue weighted by Crippen LogP contribution is 2.32. The van der Waals surface area contributed by atoms with Crippen molar-refractivity contribution in [3.8, 4) is 17.2 Å². The van der Waals surface area contributed by atoms with Crippen LogP contribution in [0.5, 0.6) is 17.2 Å². The number of ether oxygens (including phenoxy) is 3. The highest BCUT2D eigenvalue weighted by molar-refractivity contribution is 6.30. The molecule has 0 fully saturated rings. The van der Waals surface area contributed by atoms with Gasteiger partial charge in [0.2, 0.25) is 6.79 Å². The maximum Gasteiger partial charge on any atom is 0.276 e. The van der Waals surface area contributed by atoms with Crippen molar-refractivity contribution >= 4 is 23.4 Å². The first kappa shape index (κ1) is 15.9. The molecule has 0 aromatic heterocycles. The Morgan fingerprint density at radius 1 is 1.08 bits per heavy atom. The first-order valence-corrected chi connectivity index (χ1v) is 7.37. The molecule has 3 rings (SSSR count). The van der Waals surface area contributed by atoms with Gasteiger partial charge in [-0.1, -0.05) is 17.7 Å². The molecule has 0 spiro atoms. The number of carbonyl (C=O) groups excluding carboxylic acids is 2. The minimum absolute atomic E-state index is 0.123. The molecular weight excluding hydrogens is 336 g/mol. The molecule has 0 unspecified atom stereocenters. The molecule has 2 amide bonds. The second-order valence-corrected chi connectivity index (χ2v) is 5.25. The SMILES string of the molecule is O=C(COc1cccc(Cl)c1)NNC(=O)c1ccc2c(c1)OCO2. The molecule has 1 heterocycles. The zero-order valence-electron chi connectivity index (χ0n) is 12.4. The Morgan fingerprint density at radius 2 is 1.92 bits per heavy atom. The number of carbonyl (C=O) groups is 2. The van der Waals surface area contributed by atoms with E-state index in [9.17, 15) is 9.59 Å². The van der Waals surface area contributed by atoms with Crippen LogP contribution in [0.4, 0.5) is 0 Å². The van der Waals surface area contributed by atoms with E-state index in [0.717, 1.165) is 0 Å². The highest BCUT2D eigenvalue weighted by Gasteiger charge is 2.16. The minimum atomic E-state index is -0.510. The highest BCUT2D eigenvalue weighted by atomic mass is 35.5. The van der Waals surface area contributed by atoms with E-state index < -0.39 is 11.8 Å². The number of halogens is 1. The number of benzene rings is 2. The van der Waals surface area contributed by atoms with E-state index in [2.05, 4.69) is 10.9 Å². The van der Waals surface area contributed by atoms with Crippen LogP contribution in [0.1, 0.15) is 10.4 Å². The van der Waals surface area contributed by atoms with Crippen LogP contribution in [0, 0.1) is 0 Å². The van der Waals surface area contributed by atoms with Crippen LogP contribution >= 0.6 is 11.6 Å². The van der Waals surface area contributed by atoms with E-state index in [-0.39, 0.29) is 13.4 Å². The van der Waals surface area contributed by atoms with Gasteiger partial charge < -0.3 is 14.2 Å². The van der Waals surface area contributed by atoms with Gasteiger partial charge in [0.05, 0.1) is 0 Å². The van der Waals surface area contributed by atoms with E-state index in [1.54, 1.807) is 36.4 Å². The molecular formula is C16H13ClN2O5. The average molecular weight is 349 g/mol. The van der Waals surface area contributed by atoms with Crippen molar-refractivity contribution in [2.75, 3.05) is 13.4 Å². The molecule has 2 aromatic rings. The van der Waals surface area contributed by atoms with Gasteiger partial charge in [-0.25, -0.2) is 0 Å². The Labute approximate surface area is 142 Å². The van der Waals surface area contributed by atoms with Crippen molar-refractivity contribution in [2.24, 2.45) is 0 Å². The van der Waals surface area contributed by atoms with Gasteiger partial charge >= 0.3 is 0 Å². The lowest BCUT2D eigenvalue weighted by Gasteiger charge is -2.09. The van der Waals surface area contributed by atoms with E-state index in [1.165, 1.54) is 6.07 Å². The standard InChI is InChI=1S/C16H13ClN2O5/c17-11-2-1-3-12(7-11)22-8-15(20)18-19-16(21)10-4-5-13-14(6-10)24-9-23-13/h1-7H,8-9H2,(H,18,20)(H,19,21). The molecule has 2 aromatic carbocycles. The summed E-state index contributed by atoms with van der Waals surface area (Å²) in [7, 11) is 0. The molecule has 24 heavy (non-hydrogen) atoms. The molecule has 2 N–H and O–H groups in total. The largest absolute Gasteiger partial charge is 0.484 e. The summed E-state index contributed by atoms with van der Waals surface area (Å²) in [6, 6.07) is 11.4. The predicted octanol–water partition coefficient (Wildman–Crippen LogP) is 1.91. The number of rotatable bonds is 4. The van der Waals surface area contributed by atoms with E-state index in [4.69, 9.17) is 25.8 Å². The lowest BCUT2D eigenvalue weighted by Crippen LogP contribution is -2.43. The molecule has 8 heteroatoms. The van der Waals surface area contributed by atoms with Crippen LogP contribution in [-0.4, -0.2) is 25.2 Å². The van der Waals surface area contributed by atoms with Crippen molar-refractivity contribution in [1.82, 2.24) is 10.9 Å². The van der Waals surface area contributed by atoms with Gasteiger partial charge in [-0.3, -0.25) is 20.4 Å². The van der Waals surface area contributed by atoms with Crippen molar-refractivity contribution in [3.63, 3.8) is 0 Å². The fourth-order valence-corrected chi connectivity index (χ4v) is 2.16. The number of hydrogen-bond acceptors (Lipinski definition) is 5. The summed E-state index contributed by atoms with van der Waals surface area (Å²) in [6.45, 7) is -0.139. The second kappa shape index (κ2) is 7.10. The van der Waals surface area contributed by atoms with Crippen molar-refractivity contribution in [1.29, 1.82) is 0 Å². The second-order valence-electron chi connectivity index (χ2n) is 4.82. The maximum atomic E-state index is 12.0. The molecule has 124 valence electrons. The van der Waals surface area contributed by atoms with Crippen LogP contribution in [0.3, 0.4) is 0 Å². The van der Waals surface area contributed by atoms with E-state index in [1.807, 2.05) is 0 Å². The lowest BCUT2D eigenvalue weighted by molar-refractivity contribution is -0.123. The normalized spacial score (nSPS) is 11.7. The van der Waals surface area contributed by atoms with Crippen LogP contribution in [0.2, 0.25) is 5.02 Å². The summed E-state index contributed by atoms with van der Waals surface area (Å²) in [5.41, 5.74) is 4.89. The van der Waals surface area contributed by atoms with Crippen LogP contribution in [0.25, 0.3) is 0 Å². The predicted molar refractivity (Wildman–Crippen MR) is 85.1 cm³/mol. The minimum Gasteiger partial charge on any atom is -0.484 e. The molecule has 0 atom stereocenters. The Balaban J connectivity index is 1.48. The van der Waals surface area contributed by atoms with Crippen LogP contribution < -0.4 is 25.1 Å². The fraction of sp³-hybridized carbons (Fsp3) is 0.125. The van der Waals surface area contributed by atoms with Gasteiger partial charge in [0.15, 0.2) is 18.1 Å². The van der Waals surface area contributed by atoms with Gasteiger partial charge in [-0.05, 0) is 36.4 Å². The van der Waals surface area contributed by atoms with Crippen molar-refractivity contribution in [3.05, 3.63) is 53.1 Å². The quantitative estimate of drug-likeness (QED) is 0.824. The number of nitrogens with one attached hydrogen (secondary N) is 2. The smallest absolute Gasteiger partial charge is 0.276 e. The van der Waals surface area contributed by atoms with Crippen LogP contribution in [0.15, 0.2) is 42.5 Å². The summed E-state index contributed by atoms with van der Waals surface area (Å²) < 4.78 is 15.6. The zero-order chi connectivity index (χ0) is 16.9. The summed E-state index contributed by atoms with van der Waals surface area (Å²) in [6.07, 6.45) is 0. The van der Waals surface area contributed by atoms with Crippen molar-refractivity contribution < 1.29 is 23.8 Å². The number of hydrazine groups is 1. The Bertz CT molecular complexity index is 781. The molecule has 1 aliphatic heterocycles. The van der Waals surface area contributed by atoms with E-state index >= 15 is 0 Å². The average Bonchev–Trinajstić information content (AvgIpc) is 3.05. The maximum absolute atomic E-state index is 12.0. The number of hydrogen-bond donors (Lipinski definition) is 2. The lowest BCUT2D eigenvalue weighted by atomic mass is 10.2.